The number of benzene rings is 10. The van der Waals surface area contributed by atoms with Crippen molar-refractivity contribution in [3.05, 3.63) is 243 Å². The number of hydrogen-bond acceptors (Lipinski definition) is 2. The van der Waals surface area contributed by atoms with Crippen LogP contribution in [0.15, 0.2) is 243 Å². The number of pyridine rings is 1. The van der Waals surface area contributed by atoms with Gasteiger partial charge in [-0.25, -0.2) is 9.97 Å². The van der Waals surface area contributed by atoms with Gasteiger partial charge in [0.05, 0.1) is 33.3 Å². The van der Waals surface area contributed by atoms with E-state index in [0.717, 1.165) is 94.6 Å². The van der Waals surface area contributed by atoms with E-state index in [0.29, 0.717) is 0 Å². The minimum Gasteiger partial charge on any atom is -0.307 e. The summed E-state index contributed by atoms with van der Waals surface area (Å²) in [5.74, 6) is 0.897. The Kier molecular flexibility index (Phi) is 8.81. The molecular weight excluding hydrogens is 801 g/mol. The van der Waals surface area contributed by atoms with Gasteiger partial charge in [0.15, 0.2) is 0 Å². The van der Waals surface area contributed by atoms with Crippen LogP contribution in [0.3, 0.4) is 0 Å². The molecule has 13 aromatic rings. The van der Waals surface area contributed by atoms with Crippen molar-refractivity contribution in [2.45, 2.75) is 0 Å². The molecule has 0 atom stereocenters. The molecule has 0 amide bonds. The van der Waals surface area contributed by atoms with Crippen LogP contribution in [0.25, 0.3) is 122 Å². The van der Waals surface area contributed by atoms with Crippen molar-refractivity contribution in [3.63, 3.8) is 0 Å². The molecule has 0 saturated carbocycles. The third kappa shape index (κ3) is 6.22. The van der Waals surface area contributed by atoms with E-state index in [-0.39, 0.29) is 0 Å². The number of imidazole rings is 1. The number of nitrogens with zero attached hydrogens (tertiary/aromatic N) is 4. The molecule has 4 nitrogen and oxygen atoms in total. The van der Waals surface area contributed by atoms with E-state index in [2.05, 4.69) is 252 Å². The van der Waals surface area contributed by atoms with E-state index < -0.39 is 0 Å². The second-order valence-electron chi connectivity index (χ2n) is 17.0. The van der Waals surface area contributed by atoms with E-state index in [1.807, 2.05) is 0 Å². The van der Waals surface area contributed by atoms with Gasteiger partial charge in [0, 0.05) is 44.0 Å². The molecule has 0 aliphatic rings. The lowest BCUT2D eigenvalue weighted by Gasteiger charge is -2.15. The fourth-order valence-corrected chi connectivity index (χ4v) is 9.98. The Hall–Kier alpha value is -8.86. The van der Waals surface area contributed by atoms with E-state index in [4.69, 9.17) is 9.97 Å². The van der Waals surface area contributed by atoms with Crippen LogP contribution in [0.1, 0.15) is 0 Å². The molecule has 10 aromatic carbocycles. The van der Waals surface area contributed by atoms with Gasteiger partial charge in [-0.3, -0.25) is 4.57 Å². The highest BCUT2D eigenvalue weighted by Crippen LogP contribution is 2.42. The molecule has 66 heavy (non-hydrogen) atoms. The van der Waals surface area contributed by atoms with Crippen LogP contribution < -0.4 is 0 Å². The Balaban J connectivity index is 0.974. The predicted molar refractivity (Wildman–Crippen MR) is 275 cm³/mol. The maximum Gasteiger partial charge on any atom is 0.145 e. The van der Waals surface area contributed by atoms with Crippen molar-refractivity contribution in [1.29, 1.82) is 0 Å². The van der Waals surface area contributed by atoms with Crippen LogP contribution in [0.2, 0.25) is 0 Å². The number of para-hydroxylation sites is 3. The molecule has 0 bridgehead atoms. The van der Waals surface area contributed by atoms with Gasteiger partial charge in [0.1, 0.15) is 5.82 Å². The zero-order chi connectivity index (χ0) is 43.6. The standard InChI is InChI=1S/C62H40N4/c1-5-17-41(18-6-1)47-37-48(42-19-7-2-8-20-42)39-50(38-47)66-57-28-16-15-27-56(57)63-62(66)45-31-29-43(30-32-45)46-33-34-52-55-36-35-54-51-25-13-14-26-53(51)59(44-21-9-3-10-22-44)64-60(54)61(55)65(58(52)40-46)49-23-11-4-12-24-49/h1-40H. The van der Waals surface area contributed by atoms with Crippen molar-refractivity contribution in [3.8, 4) is 67.4 Å². The molecule has 3 aromatic heterocycles. The normalized spacial score (nSPS) is 11.6. The Morgan fingerprint density at radius 1 is 0.273 bits per heavy atom. The van der Waals surface area contributed by atoms with Gasteiger partial charge in [0.2, 0.25) is 0 Å². The van der Waals surface area contributed by atoms with E-state index in [1.165, 1.54) is 27.3 Å². The van der Waals surface area contributed by atoms with Crippen molar-refractivity contribution in [1.82, 2.24) is 19.1 Å². The van der Waals surface area contributed by atoms with Gasteiger partial charge in [0.25, 0.3) is 0 Å². The second kappa shape index (κ2) is 15.4. The van der Waals surface area contributed by atoms with E-state index in [1.54, 1.807) is 0 Å². The highest BCUT2D eigenvalue weighted by atomic mass is 15.1. The Labute approximate surface area is 382 Å². The SMILES string of the molecule is c1ccc(-c2cc(-c3ccccc3)cc(-n3c(-c4ccc(-c5ccc6c7ccc8c9ccccc9c(-c9ccccc9)nc8c7n(-c7ccccc7)c6c5)cc4)nc4ccccc43)c2)cc1. The molecule has 3 heterocycles. The first-order chi connectivity index (χ1) is 32.7. The summed E-state index contributed by atoms with van der Waals surface area (Å²) in [6, 6.07) is 86.9. The molecule has 0 fully saturated rings. The first-order valence-corrected chi connectivity index (χ1v) is 22.5. The van der Waals surface area contributed by atoms with E-state index >= 15 is 0 Å². The summed E-state index contributed by atoms with van der Waals surface area (Å²) in [6.07, 6.45) is 0. The summed E-state index contributed by atoms with van der Waals surface area (Å²) in [4.78, 5) is 10.9. The lowest BCUT2D eigenvalue weighted by Crippen LogP contribution is -1.99. The predicted octanol–water partition coefficient (Wildman–Crippen LogP) is 16.2. The molecular formula is C62H40N4. The molecule has 308 valence electrons. The minimum atomic E-state index is 0.897. The van der Waals surface area contributed by atoms with Crippen LogP contribution in [-0.4, -0.2) is 19.1 Å². The lowest BCUT2D eigenvalue weighted by atomic mass is 9.97. The summed E-state index contributed by atoms with van der Waals surface area (Å²) in [6.45, 7) is 0. The van der Waals surface area contributed by atoms with Gasteiger partial charge in [-0.2, -0.15) is 0 Å². The maximum absolute atomic E-state index is 5.56. The molecule has 0 aliphatic carbocycles. The first kappa shape index (κ1) is 37.7. The zero-order valence-corrected chi connectivity index (χ0v) is 35.9. The molecule has 0 saturated heterocycles. The number of fused-ring (bicyclic) bond motifs is 8. The number of rotatable bonds is 7. The summed E-state index contributed by atoms with van der Waals surface area (Å²) >= 11 is 0. The van der Waals surface area contributed by atoms with Gasteiger partial charge in [-0.15, -0.1) is 0 Å². The summed E-state index contributed by atoms with van der Waals surface area (Å²) < 4.78 is 4.73. The van der Waals surface area contributed by atoms with Gasteiger partial charge < -0.3 is 4.57 Å². The smallest absolute Gasteiger partial charge is 0.145 e. The molecule has 0 aliphatic heterocycles. The largest absolute Gasteiger partial charge is 0.307 e. The van der Waals surface area contributed by atoms with E-state index in [9.17, 15) is 0 Å². The molecule has 0 radical (unpaired) electrons. The summed E-state index contributed by atoms with van der Waals surface area (Å²) in [7, 11) is 0. The fourth-order valence-electron chi connectivity index (χ4n) is 9.98. The molecule has 13 rings (SSSR count). The molecule has 0 unspecified atom stereocenters. The highest BCUT2D eigenvalue weighted by molar-refractivity contribution is 6.23. The van der Waals surface area contributed by atoms with Crippen LogP contribution in [0.5, 0.6) is 0 Å². The molecule has 0 spiro atoms. The van der Waals surface area contributed by atoms with Crippen LogP contribution in [-0.2, 0) is 0 Å². The van der Waals surface area contributed by atoms with Gasteiger partial charge >= 0.3 is 0 Å². The number of aromatic nitrogens is 4. The summed E-state index contributed by atoms with van der Waals surface area (Å²) in [5.41, 5.74) is 17.5. The topological polar surface area (TPSA) is 35.6 Å². The minimum absolute atomic E-state index is 0.897. The summed E-state index contributed by atoms with van der Waals surface area (Å²) in [5, 5.41) is 5.85. The Morgan fingerprint density at radius 2 is 0.803 bits per heavy atom. The molecule has 0 N–H and O–H groups in total. The van der Waals surface area contributed by atoms with Crippen molar-refractivity contribution >= 4 is 54.5 Å². The van der Waals surface area contributed by atoms with Crippen LogP contribution >= 0.6 is 0 Å². The zero-order valence-electron chi connectivity index (χ0n) is 35.9. The average molecular weight is 841 g/mol. The Morgan fingerprint density at radius 3 is 1.50 bits per heavy atom. The van der Waals surface area contributed by atoms with Crippen molar-refractivity contribution < 1.29 is 0 Å². The fraction of sp³-hybridized carbons (Fsp3) is 0. The van der Waals surface area contributed by atoms with Crippen LogP contribution in [0, 0.1) is 0 Å². The van der Waals surface area contributed by atoms with Crippen molar-refractivity contribution in [2.75, 3.05) is 0 Å². The lowest BCUT2D eigenvalue weighted by molar-refractivity contribution is 1.10. The molecule has 4 heteroatoms. The monoisotopic (exact) mass is 840 g/mol. The quantitative estimate of drug-likeness (QED) is 0.150. The van der Waals surface area contributed by atoms with Gasteiger partial charge in [-0.05, 0) is 87.3 Å². The van der Waals surface area contributed by atoms with Crippen LogP contribution in [0.4, 0.5) is 0 Å². The maximum atomic E-state index is 5.56. The number of hydrogen-bond donors (Lipinski definition) is 0. The van der Waals surface area contributed by atoms with Crippen molar-refractivity contribution in [2.24, 2.45) is 0 Å². The highest BCUT2D eigenvalue weighted by Gasteiger charge is 2.21. The average Bonchev–Trinajstić information content (AvgIpc) is 3.96. The Bertz CT molecular complexity index is 3890. The van der Waals surface area contributed by atoms with Gasteiger partial charge in [-0.1, -0.05) is 194 Å². The third-order valence-electron chi connectivity index (χ3n) is 13.1. The first-order valence-electron chi connectivity index (χ1n) is 22.5. The second-order valence-corrected chi connectivity index (χ2v) is 17.0. The third-order valence-corrected chi connectivity index (χ3v) is 13.1.